The minimum atomic E-state index is 0.267. The molecule has 4 nitrogen and oxygen atoms in total. The first kappa shape index (κ1) is 23.7. The second kappa shape index (κ2) is 11.6. The lowest BCUT2D eigenvalue weighted by Gasteiger charge is -2.23. The predicted molar refractivity (Wildman–Crippen MR) is 128 cm³/mol. The first-order valence-electron chi connectivity index (χ1n) is 10.5. The Morgan fingerprint density at radius 1 is 1.17 bits per heavy atom. The van der Waals surface area contributed by atoms with Gasteiger partial charge in [-0.1, -0.05) is 36.2 Å². The topological polar surface area (TPSA) is 33.7 Å². The summed E-state index contributed by atoms with van der Waals surface area (Å²) in [4.78, 5) is 2.55. The molecule has 0 aromatic heterocycles. The molecule has 0 bridgehead atoms. The molecule has 1 saturated heterocycles. The average molecular weight is 516 g/mol. The Morgan fingerprint density at radius 3 is 2.63 bits per heavy atom. The zero-order chi connectivity index (χ0) is 21.5. The van der Waals surface area contributed by atoms with E-state index >= 15 is 0 Å². The number of hydrogen-bond donors (Lipinski definition) is 1. The summed E-state index contributed by atoms with van der Waals surface area (Å²) in [6.07, 6.45) is 2.56. The third-order valence-electron chi connectivity index (χ3n) is 5.41. The van der Waals surface area contributed by atoms with E-state index in [1.54, 1.807) is 0 Å². The third-order valence-corrected chi connectivity index (χ3v) is 6.70. The van der Waals surface area contributed by atoms with Gasteiger partial charge in [0, 0.05) is 34.7 Å². The molecule has 2 aromatic rings. The molecule has 0 amide bonds. The molecule has 30 heavy (non-hydrogen) atoms. The van der Waals surface area contributed by atoms with Crippen LogP contribution < -0.4 is 14.8 Å². The number of halogens is 3. The van der Waals surface area contributed by atoms with E-state index in [1.165, 1.54) is 19.4 Å². The summed E-state index contributed by atoms with van der Waals surface area (Å²) < 4.78 is 12.8. The van der Waals surface area contributed by atoms with Crippen molar-refractivity contribution in [2.24, 2.45) is 0 Å². The van der Waals surface area contributed by atoms with E-state index in [4.69, 9.17) is 32.7 Å². The number of nitrogens with one attached hydrogen (secondary N) is 1. The van der Waals surface area contributed by atoms with Gasteiger partial charge in [0.05, 0.1) is 11.1 Å². The van der Waals surface area contributed by atoms with E-state index in [0.29, 0.717) is 34.2 Å². The molecule has 1 aliphatic heterocycles. The number of likely N-dealkylation sites (N-methyl/N-ethyl adjacent to an activating group) is 1. The molecule has 2 aromatic carbocycles. The van der Waals surface area contributed by atoms with Crippen LogP contribution in [-0.2, 0) is 13.2 Å². The Labute approximate surface area is 198 Å². The van der Waals surface area contributed by atoms with E-state index in [-0.39, 0.29) is 6.61 Å². The molecule has 7 heteroatoms. The first-order chi connectivity index (χ1) is 14.5. The average Bonchev–Trinajstić information content (AvgIpc) is 3.17. The van der Waals surface area contributed by atoms with Crippen molar-refractivity contribution < 1.29 is 9.47 Å². The van der Waals surface area contributed by atoms with Gasteiger partial charge in [0.15, 0.2) is 11.5 Å². The highest BCUT2D eigenvalue weighted by atomic mass is 79.9. The van der Waals surface area contributed by atoms with Crippen LogP contribution in [0.5, 0.6) is 11.5 Å². The SMILES string of the molecule is CCOc1cc(CNC[C@@H]2CCCN2CC)cc(Br)c1OCc1c(Cl)cccc1Cl. The number of hydrogen-bond acceptors (Lipinski definition) is 4. The molecule has 0 unspecified atom stereocenters. The molecule has 1 atom stereocenters. The normalized spacial score (nSPS) is 16.8. The van der Waals surface area contributed by atoms with Crippen LogP contribution in [0.15, 0.2) is 34.8 Å². The van der Waals surface area contributed by atoms with E-state index in [9.17, 15) is 0 Å². The maximum Gasteiger partial charge on any atom is 0.175 e. The van der Waals surface area contributed by atoms with Crippen LogP contribution in [-0.4, -0.2) is 37.2 Å². The van der Waals surface area contributed by atoms with Gasteiger partial charge < -0.3 is 14.8 Å². The van der Waals surface area contributed by atoms with E-state index < -0.39 is 0 Å². The van der Waals surface area contributed by atoms with Crippen molar-refractivity contribution in [1.29, 1.82) is 0 Å². The quantitative estimate of drug-likeness (QED) is 0.402. The summed E-state index contributed by atoms with van der Waals surface area (Å²) in [5.74, 6) is 1.37. The molecule has 1 aliphatic rings. The van der Waals surface area contributed by atoms with Crippen molar-refractivity contribution >= 4 is 39.1 Å². The Hall–Kier alpha value is -0.980. The number of rotatable bonds is 10. The number of ether oxygens (including phenoxy) is 2. The molecule has 164 valence electrons. The number of nitrogens with zero attached hydrogens (tertiary/aromatic N) is 1. The van der Waals surface area contributed by atoms with Gasteiger partial charge in [0.2, 0.25) is 0 Å². The molecule has 0 saturated carbocycles. The fourth-order valence-electron chi connectivity index (χ4n) is 3.87. The molecule has 3 rings (SSSR count). The van der Waals surface area contributed by atoms with Crippen molar-refractivity contribution in [3.8, 4) is 11.5 Å². The summed E-state index contributed by atoms with van der Waals surface area (Å²) in [5.41, 5.74) is 1.91. The van der Waals surface area contributed by atoms with Crippen molar-refractivity contribution in [2.45, 2.75) is 45.9 Å². The largest absolute Gasteiger partial charge is 0.490 e. The summed E-state index contributed by atoms with van der Waals surface area (Å²) >= 11 is 16.2. The van der Waals surface area contributed by atoms with Gasteiger partial charge in [-0.05, 0) is 78.6 Å². The lowest BCUT2D eigenvalue weighted by molar-refractivity contribution is 0.259. The number of benzene rings is 2. The monoisotopic (exact) mass is 514 g/mol. The van der Waals surface area contributed by atoms with Gasteiger partial charge in [-0.3, -0.25) is 4.90 Å². The molecule has 1 heterocycles. The van der Waals surface area contributed by atoms with Crippen LogP contribution in [0.1, 0.15) is 37.8 Å². The standard InChI is InChI=1S/C23H29BrCl2N2O2/c1-3-28-10-6-7-17(28)14-27-13-16-11-19(24)23(22(12-16)29-4-2)30-15-18-20(25)8-5-9-21(18)26/h5,8-9,11-12,17,27H,3-4,6-7,10,13-15H2,1-2H3/t17-/m0/s1. The maximum absolute atomic E-state index is 6.27. The summed E-state index contributed by atoms with van der Waals surface area (Å²) in [6.45, 7) is 9.13. The van der Waals surface area contributed by atoms with Crippen molar-refractivity contribution in [3.05, 3.63) is 56.0 Å². The highest BCUT2D eigenvalue weighted by Crippen LogP contribution is 2.38. The third kappa shape index (κ3) is 6.04. The summed E-state index contributed by atoms with van der Waals surface area (Å²) in [7, 11) is 0. The smallest absolute Gasteiger partial charge is 0.175 e. The fraction of sp³-hybridized carbons (Fsp3) is 0.478. The van der Waals surface area contributed by atoms with Crippen LogP contribution in [0.4, 0.5) is 0 Å². The maximum atomic E-state index is 6.27. The minimum Gasteiger partial charge on any atom is -0.490 e. The van der Waals surface area contributed by atoms with Crippen LogP contribution in [0, 0.1) is 0 Å². The van der Waals surface area contributed by atoms with Gasteiger partial charge >= 0.3 is 0 Å². The molecule has 1 N–H and O–H groups in total. The van der Waals surface area contributed by atoms with Crippen LogP contribution in [0.25, 0.3) is 0 Å². The Balaban J connectivity index is 1.67. The highest BCUT2D eigenvalue weighted by molar-refractivity contribution is 9.10. The van der Waals surface area contributed by atoms with E-state index in [0.717, 1.165) is 35.2 Å². The van der Waals surface area contributed by atoms with E-state index in [2.05, 4.69) is 39.1 Å². The zero-order valence-electron chi connectivity index (χ0n) is 17.5. The highest BCUT2D eigenvalue weighted by Gasteiger charge is 2.22. The fourth-order valence-corrected chi connectivity index (χ4v) is 4.98. The molecule has 0 radical (unpaired) electrons. The second-order valence-corrected chi connectivity index (χ2v) is 9.05. The Bertz CT molecular complexity index is 830. The van der Waals surface area contributed by atoms with Gasteiger partial charge in [0.25, 0.3) is 0 Å². The predicted octanol–water partition coefficient (Wildman–Crippen LogP) is 6.31. The molecule has 0 spiro atoms. The van der Waals surface area contributed by atoms with Crippen molar-refractivity contribution in [1.82, 2.24) is 10.2 Å². The molecular weight excluding hydrogens is 487 g/mol. The lowest BCUT2D eigenvalue weighted by atomic mass is 10.1. The number of likely N-dealkylation sites (tertiary alicyclic amines) is 1. The van der Waals surface area contributed by atoms with Crippen molar-refractivity contribution in [3.63, 3.8) is 0 Å². The van der Waals surface area contributed by atoms with Gasteiger partial charge in [-0.2, -0.15) is 0 Å². The summed E-state index contributed by atoms with van der Waals surface area (Å²) in [5, 5.41) is 4.78. The first-order valence-corrected chi connectivity index (χ1v) is 12.0. The van der Waals surface area contributed by atoms with Crippen LogP contribution in [0.3, 0.4) is 0 Å². The van der Waals surface area contributed by atoms with Crippen LogP contribution in [0.2, 0.25) is 10.0 Å². The van der Waals surface area contributed by atoms with Crippen LogP contribution >= 0.6 is 39.1 Å². The Morgan fingerprint density at radius 2 is 1.93 bits per heavy atom. The molecular formula is C23H29BrCl2N2O2. The summed E-state index contributed by atoms with van der Waals surface area (Å²) in [6, 6.07) is 10.2. The van der Waals surface area contributed by atoms with Gasteiger partial charge in [-0.15, -0.1) is 0 Å². The molecule has 1 fully saturated rings. The van der Waals surface area contributed by atoms with E-state index in [1.807, 2.05) is 31.2 Å². The van der Waals surface area contributed by atoms with Crippen molar-refractivity contribution in [2.75, 3.05) is 26.2 Å². The minimum absolute atomic E-state index is 0.267. The Kier molecular flexibility index (Phi) is 9.14. The second-order valence-electron chi connectivity index (χ2n) is 7.38. The zero-order valence-corrected chi connectivity index (χ0v) is 20.6. The molecule has 0 aliphatic carbocycles. The van der Waals surface area contributed by atoms with Gasteiger partial charge in [-0.25, -0.2) is 0 Å². The lowest BCUT2D eigenvalue weighted by Crippen LogP contribution is -2.37. The van der Waals surface area contributed by atoms with Gasteiger partial charge in [0.1, 0.15) is 6.61 Å².